The highest BCUT2D eigenvalue weighted by Crippen LogP contribution is 2.23. The lowest BCUT2D eigenvalue weighted by atomic mass is 9.98. The zero-order valence-corrected chi connectivity index (χ0v) is 9.25. The van der Waals surface area contributed by atoms with E-state index in [1.807, 2.05) is 18.2 Å². The van der Waals surface area contributed by atoms with Crippen LogP contribution in [0.15, 0.2) is 18.2 Å². The fraction of sp³-hybridized carbons (Fsp3) is 0.357. The summed E-state index contributed by atoms with van der Waals surface area (Å²) in [5.41, 5.74) is 3.20. The summed E-state index contributed by atoms with van der Waals surface area (Å²) in [6, 6.07) is 5.88. The molecule has 82 valence electrons. The Morgan fingerprint density at radius 2 is 2.38 bits per heavy atom. The number of nitrogens with one attached hydrogen (secondary N) is 1. The molecule has 0 saturated carbocycles. The van der Waals surface area contributed by atoms with E-state index in [-0.39, 0.29) is 5.78 Å². The van der Waals surface area contributed by atoms with Crippen LogP contribution < -0.4 is 5.32 Å². The molecule has 0 atom stereocenters. The molecule has 1 aliphatic rings. The van der Waals surface area contributed by atoms with Gasteiger partial charge in [0.2, 0.25) is 0 Å². The molecule has 1 N–H and O–H groups in total. The standard InChI is InChI=1S/C14H15NO/c1-2-3-6-14(16)12-7-8-13-11(10-12)5-4-9-15-13/h1,7-8,10,15H,3-6,9H2. The molecule has 0 saturated heterocycles. The Labute approximate surface area is 96.1 Å². The minimum atomic E-state index is 0.145. The Hall–Kier alpha value is -1.75. The molecule has 0 amide bonds. The van der Waals surface area contributed by atoms with E-state index in [9.17, 15) is 4.79 Å². The minimum Gasteiger partial charge on any atom is -0.385 e. The van der Waals surface area contributed by atoms with Gasteiger partial charge in [-0.15, -0.1) is 12.3 Å². The summed E-state index contributed by atoms with van der Waals surface area (Å²) in [4.78, 5) is 11.8. The molecule has 0 unspecified atom stereocenters. The number of ketones is 1. The summed E-state index contributed by atoms with van der Waals surface area (Å²) in [5, 5.41) is 3.33. The molecule has 1 heterocycles. The number of rotatable bonds is 3. The summed E-state index contributed by atoms with van der Waals surface area (Å²) in [6.45, 7) is 1.03. The van der Waals surface area contributed by atoms with Gasteiger partial charge in [0.25, 0.3) is 0 Å². The molecule has 0 radical (unpaired) electrons. The predicted molar refractivity (Wildman–Crippen MR) is 65.7 cm³/mol. The van der Waals surface area contributed by atoms with Gasteiger partial charge in [0, 0.05) is 30.6 Å². The number of anilines is 1. The Kier molecular flexibility index (Phi) is 3.26. The average Bonchev–Trinajstić information content (AvgIpc) is 2.35. The van der Waals surface area contributed by atoms with Crippen molar-refractivity contribution in [2.45, 2.75) is 25.7 Å². The smallest absolute Gasteiger partial charge is 0.163 e. The van der Waals surface area contributed by atoms with Crippen LogP contribution in [-0.2, 0) is 6.42 Å². The second-order valence-corrected chi connectivity index (χ2v) is 4.03. The second-order valence-electron chi connectivity index (χ2n) is 4.03. The highest BCUT2D eigenvalue weighted by Gasteiger charge is 2.11. The summed E-state index contributed by atoms with van der Waals surface area (Å²) >= 11 is 0. The van der Waals surface area contributed by atoms with Crippen molar-refractivity contribution in [2.75, 3.05) is 11.9 Å². The van der Waals surface area contributed by atoms with Crippen molar-refractivity contribution in [3.05, 3.63) is 29.3 Å². The Bertz CT molecular complexity index is 443. The maximum atomic E-state index is 11.8. The number of carbonyl (C=O) groups is 1. The fourth-order valence-electron chi connectivity index (χ4n) is 1.98. The Morgan fingerprint density at radius 3 is 3.19 bits per heavy atom. The third-order valence-corrected chi connectivity index (χ3v) is 2.86. The van der Waals surface area contributed by atoms with Gasteiger partial charge in [-0.25, -0.2) is 0 Å². The van der Waals surface area contributed by atoms with Gasteiger partial charge >= 0.3 is 0 Å². The maximum Gasteiger partial charge on any atom is 0.163 e. The first-order chi connectivity index (χ1) is 7.81. The normalized spacial score (nSPS) is 13.4. The molecule has 1 aromatic carbocycles. The number of benzene rings is 1. The van der Waals surface area contributed by atoms with E-state index in [1.54, 1.807) is 0 Å². The first-order valence-corrected chi connectivity index (χ1v) is 5.65. The number of fused-ring (bicyclic) bond motifs is 1. The van der Waals surface area contributed by atoms with E-state index in [2.05, 4.69) is 11.2 Å². The lowest BCUT2D eigenvalue weighted by Gasteiger charge is -2.18. The molecule has 0 spiro atoms. The van der Waals surface area contributed by atoms with E-state index in [1.165, 1.54) is 11.3 Å². The maximum absolute atomic E-state index is 11.8. The van der Waals surface area contributed by atoms with Crippen molar-refractivity contribution < 1.29 is 4.79 Å². The predicted octanol–water partition coefficient (Wildman–Crippen LogP) is 2.64. The molecule has 2 nitrogen and oxygen atoms in total. The van der Waals surface area contributed by atoms with Crippen molar-refractivity contribution in [1.82, 2.24) is 0 Å². The third kappa shape index (κ3) is 2.25. The molecule has 1 aromatic rings. The summed E-state index contributed by atoms with van der Waals surface area (Å²) in [7, 11) is 0. The molecule has 1 aliphatic heterocycles. The topological polar surface area (TPSA) is 29.1 Å². The first kappa shape index (κ1) is 10.8. The SMILES string of the molecule is C#CCCC(=O)c1ccc2c(c1)CCCN2. The molecule has 0 bridgehead atoms. The van der Waals surface area contributed by atoms with E-state index in [4.69, 9.17) is 6.42 Å². The largest absolute Gasteiger partial charge is 0.385 e. The summed E-state index contributed by atoms with van der Waals surface area (Å²) < 4.78 is 0. The molecular weight excluding hydrogens is 198 g/mol. The number of hydrogen-bond acceptors (Lipinski definition) is 2. The zero-order valence-electron chi connectivity index (χ0n) is 9.25. The molecule has 2 heteroatoms. The molecule has 0 aromatic heterocycles. The van der Waals surface area contributed by atoms with Crippen LogP contribution in [-0.4, -0.2) is 12.3 Å². The molecule has 2 rings (SSSR count). The van der Waals surface area contributed by atoms with E-state index in [0.29, 0.717) is 12.8 Å². The third-order valence-electron chi connectivity index (χ3n) is 2.86. The van der Waals surface area contributed by atoms with Crippen LogP contribution in [0.2, 0.25) is 0 Å². The van der Waals surface area contributed by atoms with E-state index >= 15 is 0 Å². The highest BCUT2D eigenvalue weighted by molar-refractivity contribution is 5.96. The fourth-order valence-corrected chi connectivity index (χ4v) is 1.98. The van der Waals surface area contributed by atoms with Crippen LogP contribution >= 0.6 is 0 Å². The van der Waals surface area contributed by atoms with Gasteiger partial charge < -0.3 is 5.32 Å². The van der Waals surface area contributed by atoms with Crippen LogP contribution in [0.25, 0.3) is 0 Å². The quantitative estimate of drug-likeness (QED) is 0.617. The van der Waals surface area contributed by atoms with Crippen molar-refractivity contribution in [3.63, 3.8) is 0 Å². The van der Waals surface area contributed by atoms with Gasteiger partial charge in [-0.2, -0.15) is 0 Å². The summed E-state index contributed by atoms with van der Waals surface area (Å²) in [6.07, 6.45) is 8.31. The second kappa shape index (κ2) is 4.85. The highest BCUT2D eigenvalue weighted by atomic mass is 16.1. The lowest BCUT2D eigenvalue weighted by Crippen LogP contribution is -2.12. The monoisotopic (exact) mass is 213 g/mol. The van der Waals surface area contributed by atoms with Gasteiger partial charge in [-0.1, -0.05) is 0 Å². The Balaban J connectivity index is 2.17. The Morgan fingerprint density at radius 1 is 1.50 bits per heavy atom. The number of carbonyl (C=O) groups excluding carboxylic acids is 1. The van der Waals surface area contributed by atoms with Crippen LogP contribution in [0.1, 0.15) is 35.2 Å². The zero-order chi connectivity index (χ0) is 11.4. The van der Waals surface area contributed by atoms with E-state index < -0.39 is 0 Å². The number of hydrogen-bond donors (Lipinski definition) is 1. The number of aryl methyl sites for hydroxylation is 1. The van der Waals surface area contributed by atoms with Crippen molar-refractivity contribution in [2.24, 2.45) is 0 Å². The van der Waals surface area contributed by atoms with Crippen LogP contribution in [0.5, 0.6) is 0 Å². The first-order valence-electron chi connectivity index (χ1n) is 5.65. The van der Waals surface area contributed by atoms with Crippen LogP contribution in [0, 0.1) is 12.3 Å². The lowest BCUT2D eigenvalue weighted by molar-refractivity contribution is 0.0984. The van der Waals surface area contributed by atoms with Crippen LogP contribution in [0.4, 0.5) is 5.69 Å². The summed E-state index contributed by atoms with van der Waals surface area (Å²) in [5.74, 6) is 2.64. The molecule has 0 aliphatic carbocycles. The van der Waals surface area contributed by atoms with Crippen molar-refractivity contribution >= 4 is 11.5 Å². The molecule has 16 heavy (non-hydrogen) atoms. The van der Waals surface area contributed by atoms with Crippen LogP contribution in [0.3, 0.4) is 0 Å². The number of Topliss-reactive ketones (excluding diaryl/α,β-unsaturated/α-hetero) is 1. The van der Waals surface area contributed by atoms with Gasteiger partial charge in [-0.3, -0.25) is 4.79 Å². The van der Waals surface area contributed by atoms with Crippen molar-refractivity contribution in [1.29, 1.82) is 0 Å². The van der Waals surface area contributed by atoms with Crippen molar-refractivity contribution in [3.8, 4) is 12.3 Å². The number of terminal acetylenes is 1. The molecule has 0 fully saturated rings. The average molecular weight is 213 g/mol. The van der Waals surface area contributed by atoms with E-state index in [0.717, 1.165) is 24.9 Å². The minimum absolute atomic E-state index is 0.145. The van der Waals surface area contributed by atoms with Gasteiger partial charge in [0.05, 0.1) is 0 Å². The van der Waals surface area contributed by atoms with Gasteiger partial charge in [-0.05, 0) is 36.6 Å². The molecular formula is C14H15NO. The van der Waals surface area contributed by atoms with Gasteiger partial charge in [0.1, 0.15) is 0 Å². The van der Waals surface area contributed by atoms with Gasteiger partial charge in [0.15, 0.2) is 5.78 Å².